The lowest BCUT2D eigenvalue weighted by Crippen LogP contribution is -2.12. The second-order valence-electron chi connectivity index (χ2n) is 3.46. The molecule has 0 bridgehead atoms. The summed E-state index contributed by atoms with van der Waals surface area (Å²) >= 11 is 1.23. The summed E-state index contributed by atoms with van der Waals surface area (Å²) in [5, 5.41) is 11.4. The number of nitrogens with zero attached hydrogens (tertiary/aromatic N) is 2. The molecule has 92 valence electrons. The van der Waals surface area contributed by atoms with E-state index >= 15 is 0 Å². The first-order valence-corrected chi connectivity index (χ1v) is 5.86. The van der Waals surface area contributed by atoms with Crippen molar-refractivity contribution in [3.8, 4) is 0 Å². The van der Waals surface area contributed by atoms with E-state index in [1.165, 1.54) is 29.7 Å². The zero-order chi connectivity index (χ0) is 13.1. The van der Waals surface area contributed by atoms with E-state index in [-0.39, 0.29) is 11.6 Å². The Morgan fingerprint density at radius 2 is 2.17 bits per heavy atom. The molecule has 0 aliphatic carbocycles. The predicted octanol–water partition coefficient (Wildman–Crippen LogP) is 1.80. The van der Waals surface area contributed by atoms with Crippen LogP contribution in [0.25, 0.3) is 0 Å². The first kappa shape index (κ1) is 12.2. The number of rotatable bonds is 3. The number of carbonyl (C=O) groups excluding carboxylic acids is 1. The van der Waals surface area contributed by atoms with Crippen molar-refractivity contribution in [1.29, 1.82) is 0 Å². The van der Waals surface area contributed by atoms with Gasteiger partial charge in [0.1, 0.15) is 10.6 Å². The van der Waals surface area contributed by atoms with Crippen molar-refractivity contribution in [3.63, 3.8) is 0 Å². The molecule has 0 spiro atoms. The Morgan fingerprint density at radius 1 is 1.39 bits per heavy atom. The Balaban J connectivity index is 2.20. The third-order valence-electron chi connectivity index (χ3n) is 2.19. The molecule has 7 heteroatoms. The topological polar surface area (TPSA) is 92.2 Å². The summed E-state index contributed by atoms with van der Waals surface area (Å²) in [6.07, 6.45) is 1.33. The minimum Gasteiger partial charge on any atom is -0.477 e. The van der Waals surface area contributed by atoms with Crippen molar-refractivity contribution in [2.24, 2.45) is 0 Å². The molecule has 0 atom stereocenters. The van der Waals surface area contributed by atoms with Crippen LogP contribution in [0.4, 0.5) is 5.69 Å². The van der Waals surface area contributed by atoms with E-state index in [2.05, 4.69) is 15.3 Å². The highest BCUT2D eigenvalue weighted by molar-refractivity contribution is 7.12. The van der Waals surface area contributed by atoms with Crippen LogP contribution < -0.4 is 5.32 Å². The zero-order valence-corrected chi connectivity index (χ0v) is 10.2. The summed E-state index contributed by atoms with van der Waals surface area (Å²) in [4.78, 5) is 30.8. The van der Waals surface area contributed by atoms with Gasteiger partial charge in [-0.15, -0.1) is 11.3 Å². The van der Waals surface area contributed by atoms with Crippen molar-refractivity contribution in [2.45, 2.75) is 6.92 Å². The lowest BCUT2D eigenvalue weighted by atomic mass is 10.3. The molecule has 2 aromatic rings. The number of hydrogen-bond acceptors (Lipinski definition) is 5. The largest absolute Gasteiger partial charge is 0.477 e. The molecule has 0 unspecified atom stereocenters. The number of nitrogens with one attached hydrogen (secondary N) is 1. The predicted molar refractivity (Wildman–Crippen MR) is 66.0 cm³/mol. The normalized spacial score (nSPS) is 10.1. The van der Waals surface area contributed by atoms with Gasteiger partial charge in [-0.1, -0.05) is 0 Å². The molecule has 0 aliphatic heterocycles. The summed E-state index contributed by atoms with van der Waals surface area (Å²) in [6, 6.07) is 2.83. The van der Waals surface area contributed by atoms with Gasteiger partial charge in [-0.2, -0.15) is 0 Å². The van der Waals surface area contributed by atoms with E-state index < -0.39 is 5.97 Å². The minimum absolute atomic E-state index is 0.117. The SMILES string of the molecule is Cc1ncsc1C(=O)Nc1ccnc(C(=O)O)c1. The van der Waals surface area contributed by atoms with Crippen LogP contribution in [0.1, 0.15) is 25.9 Å². The average Bonchev–Trinajstić information content (AvgIpc) is 2.76. The number of amides is 1. The van der Waals surface area contributed by atoms with E-state index in [0.717, 1.165) is 0 Å². The van der Waals surface area contributed by atoms with Crippen molar-refractivity contribution < 1.29 is 14.7 Å². The summed E-state index contributed by atoms with van der Waals surface area (Å²) in [5.41, 5.74) is 2.50. The lowest BCUT2D eigenvalue weighted by molar-refractivity contribution is 0.0690. The summed E-state index contributed by atoms with van der Waals surface area (Å²) < 4.78 is 0. The molecule has 2 N–H and O–H groups in total. The quantitative estimate of drug-likeness (QED) is 0.880. The van der Waals surface area contributed by atoms with Crippen molar-refractivity contribution in [1.82, 2.24) is 9.97 Å². The molecular weight excluding hydrogens is 254 g/mol. The van der Waals surface area contributed by atoms with Crippen molar-refractivity contribution in [2.75, 3.05) is 5.32 Å². The molecule has 0 aromatic carbocycles. The number of carboxylic acids is 1. The van der Waals surface area contributed by atoms with Gasteiger partial charge in [0.15, 0.2) is 0 Å². The monoisotopic (exact) mass is 263 g/mol. The zero-order valence-electron chi connectivity index (χ0n) is 9.38. The standard InChI is InChI=1S/C11H9N3O3S/c1-6-9(18-5-13-6)10(15)14-7-2-3-12-8(4-7)11(16)17/h2-5H,1H3,(H,16,17)(H,12,14,15). The van der Waals surface area contributed by atoms with Gasteiger partial charge < -0.3 is 10.4 Å². The van der Waals surface area contributed by atoms with Gasteiger partial charge in [0.05, 0.1) is 11.2 Å². The van der Waals surface area contributed by atoms with Crippen LogP contribution in [-0.4, -0.2) is 27.0 Å². The fourth-order valence-electron chi connectivity index (χ4n) is 1.33. The van der Waals surface area contributed by atoms with Crippen LogP contribution in [0.15, 0.2) is 23.8 Å². The highest BCUT2D eigenvalue weighted by Gasteiger charge is 2.13. The van der Waals surface area contributed by atoms with Crippen LogP contribution in [0, 0.1) is 6.92 Å². The molecule has 0 saturated heterocycles. The van der Waals surface area contributed by atoms with E-state index in [1.54, 1.807) is 12.4 Å². The number of carbonyl (C=O) groups is 2. The molecule has 0 aliphatic rings. The molecule has 0 fully saturated rings. The van der Waals surface area contributed by atoms with Gasteiger partial charge in [-0.25, -0.2) is 14.8 Å². The minimum atomic E-state index is -1.14. The number of aromatic nitrogens is 2. The average molecular weight is 263 g/mol. The molecule has 1 amide bonds. The number of aromatic carboxylic acids is 1. The fraction of sp³-hybridized carbons (Fsp3) is 0.0909. The van der Waals surface area contributed by atoms with Gasteiger partial charge in [0.25, 0.3) is 5.91 Å². The van der Waals surface area contributed by atoms with E-state index in [4.69, 9.17) is 5.11 Å². The Hall–Kier alpha value is -2.28. The molecule has 2 heterocycles. The van der Waals surface area contributed by atoms with Crippen molar-refractivity contribution >= 4 is 28.9 Å². The number of thiazole rings is 1. The lowest BCUT2D eigenvalue weighted by Gasteiger charge is -2.04. The highest BCUT2D eigenvalue weighted by atomic mass is 32.1. The molecule has 18 heavy (non-hydrogen) atoms. The maximum Gasteiger partial charge on any atom is 0.354 e. The van der Waals surface area contributed by atoms with Crippen LogP contribution in [0.5, 0.6) is 0 Å². The van der Waals surface area contributed by atoms with E-state index in [9.17, 15) is 9.59 Å². The number of hydrogen-bond donors (Lipinski definition) is 2. The van der Waals surface area contributed by atoms with Gasteiger partial charge in [0, 0.05) is 11.9 Å². The second kappa shape index (κ2) is 4.92. The van der Waals surface area contributed by atoms with Crippen LogP contribution in [0.2, 0.25) is 0 Å². The van der Waals surface area contributed by atoms with Crippen LogP contribution in [-0.2, 0) is 0 Å². The van der Waals surface area contributed by atoms with E-state index in [1.807, 2.05) is 0 Å². The first-order chi connectivity index (χ1) is 8.58. The van der Waals surface area contributed by atoms with Crippen LogP contribution >= 0.6 is 11.3 Å². The molecule has 2 aromatic heterocycles. The second-order valence-corrected chi connectivity index (χ2v) is 4.31. The number of anilines is 1. The maximum atomic E-state index is 11.9. The molecular formula is C11H9N3O3S. The third kappa shape index (κ3) is 2.51. The van der Waals surface area contributed by atoms with Crippen molar-refractivity contribution in [3.05, 3.63) is 40.1 Å². The Bertz CT molecular complexity index is 609. The number of carboxylic acid groups (broad SMARTS) is 1. The smallest absolute Gasteiger partial charge is 0.354 e. The molecule has 6 nitrogen and oxygen atoms in total. The molecule has 0 saturated carbocycles. The summed E-state index contributed by atoms with van der Waals surface area (Å²) in [5.74, 6) is -1.45. The van der Waals surface area contributed by atoms with Gasteiger partial charge in [-0.05, 0) is 19.1 Å². The third-order valence-corrected chi connectivity index (χ3v) is 3.12. The summed E-state index contributed by atoms with van der Waals surface area (Å²) in [6.45, 7) is 1.74. The first-order valence-electron chi connectivity index (χ1n) is 4.98. The number of pyridine rings is 1. The van der Waals surface area contributed by atoms with Gasteiger partial charge in [0.2, 0.25) is 0 Å². The molecule has 0 radical (unpaired) electrons. The highest BCUT2D eigenvalue weighted by Crippen LogP contribution is 2.15. The summed E-state index contributed by atoms with van der Waals surface area (Å²) in [7, 11) is 0. The number of aryl methyl sites for hydroxylation is 1. The maximum absolute atomic E-state index is 11.9. The fourth-order valence-corrected chi connectivity index (χ4v) is 2.03. The van der Waals surface area contributed by atoms with E-state index in [0.29, 0.717) is 16.3 Å². The van der Waals surface area contributed by atoms with Gasteiger partial charge >= 0.3 is 5.97 Å². The molecule has 2 rings (SSSR count). The van der Waals surface area contributed by atoms with Crippen LogP contribution in [0.3, 0.4) is 0 Å². The van der Waals surface area contributed by atoms with Gasteiger partial charge in [-0.3, -0.25) is 4.79 Å². The Kier molecular flexibility index (Phi) is 3.33. The Labute approximate surface area is 106 Å². The Morgan fingerprint density at radius 3 is 2.78 bits per heavy atom.